The number of pyridine rings is 1. The molecule has 0 aliphatic carbocycles. The number of aromatic nitrogens is 1. The summed E-state index contributed by atoms with van der Waals surface area (Å²) in [5, 5.41) is 3.56. The first-order valence-corrected chi connectivity index (χ1v) is 4.59. The molecule has 1 heteroatoms. The van der Waals surface area contributed by atoms with E-state index >= 15 is 0 Å². The maximum Gasteiger partial charge on any atom is 0.0714 e. The average Bonchev–Trinajstić information content (AvgIpc) is 2.29. The second kappa shape index (κ2) is 2.81. The predicted octanol–water partition coefficient (Wildman–Crippen LogP) is 3.19. The van der Waals surface area contributed by atoms with Gasteiger partial charge in [-0.25, -0.2) is 0 Å². The molecule has 0 N–H and O–H groups in total. The SMILES string of the molecule is [c]1cc2ncccc2c2ccccc12. The van der Waals surface area contributed by atoms with E-state index in [0.29, 0.717) is 0 Å². The molecule has 0 saturated heterocycles. The molecule has 0 bridgehead atoms. The van der Waals surface area contributed by atoms with Crippen molar-refractivity contribution in [3.05, 3.63) is 54.7 Å². The van der Waals surface area contributed by atoms with E-state index < -0.39 is 0 Å². The van der Waals surface area contributed by atoms with Crippen molar-refractivity contribution in [3.63, 3.8) is 0 Å². The third-order valence-corrected chi connectivity index (χ3v) is 2.42. The summed E-state index contributed by atoms with van der Waals surface area (Å²) >= 11 is 0. The smallest absolute Gasteiger partial charge is 0.0714 e. The second-order valence-electron chi connectivity index (χ2n) is 3.27. The highest BCUT2D eigenvalue weighted by molar-refractivity contribution is 6.05. The topological polar surface area (TPSA) is 12.9 Å². The van der Waals surface area contributed by atoms with Crippen molar-refractivity contribution in [2.24, 2.45) is 0 Å². The summed E-state index contributed by atoms with van der Waals surface area (Å²) in [7, 11) is 0. The number of hydrogen-bond donors (Lipinski definition) is 0. The van der Waals surface area contributed by atoms with Gasteiger partial charge in [-0.2, -0.15) is 0 Å². The van der Waals surface area contributed by atoms with Crippen LogP contribution in [0.15, 0.2) is 48.7 Å². The molecule has 1 radical (unpaired) electrons. The Hall–Kier alpha value is -1.89. The van der Waals surface area contributed by atoms with Gasteiger partial charge in [0.2, 0.25) is 0 Å². The van der Waals surface area contributed by atoms with Crippen LogP contribution in [-0.4, -0.2) is 4.98 Å². The van der Waals surface area contributed by atoms with E-state index in [2.05, 4.69) is 29.2 Å². The molecule has 1 nitrogen and oxygen atoms in total. The van der Waals surface area contributed by atoms with Crippen LogP contribution < -0.4 is 0 Å². The lowest BCUT2D eigenvalue weighted by Gasteiger charge is -2.01. The minimum absolute atomic E-state index is 1.01. The summed E-state index contributed by atoms with van der Waals surface area (Å²) < 4.78 is 0. The molecule has 0 fully saturated rings. The molecular formula is C13H8N. The van der Waals surface area contributed by atoms with Crippen molar-refractivity contribution < 1.29 is 0 Å². The molecule has 1 aromatic heterocycles. The molecule has 0 amide bonds. The van der Waals surface area contributed by atoms with Crippen LogP contribution in [0.3, 0.4) is 0 Å². The van der Waals surface area contributed by atoms with Crippen LogP contribution in [-0.2, 0) is 0 Å². The molecule has 0 aliphatic rings. The van der Waals surface area contributed by atoms with Crippen molar-refractivity contribution in [2.75, 3.05) is 0 Å². The largest absolute Gasteiger partial charge is 0.256 e. The van der Waals surface area contributed by atoms with Crippen molar-refractivity contribution in [1.82, 2.24) is 4.98 Å². The van der Waals surface area contributed by atoms with Crippen LogP contribution >= 0.6 is 0 Å². The predicted molar refractivity (Wildman–Crippen MR) is 58.1 cm³/mol. The third-order valence-electron chi connectivity index (χ3n) is 2.42. The van der Waals surface area contributed by atoms with Gasteiger partial charge >= 0.3 is 0 Å². The number of fused-ring (bicyclic) bond motifs is 3. The summed E-state index contributed by atoms with van der Waals surface area (Å²) in [6.45, 7) is 0. The first kappa shape index (κ1) is 7.51. The molecule has 3 rings (SSSR count). The highest BCUT2D eigenvalue weighted by atomic mass is 14.6. The lowest BCUT2D eigenvalue weighted by molar-refractivity contribution is 1.42. The molecular weight excluding hydrogens is 170 g/mol. The molecule has 0 unspecified atom stereocenters. The van der Waals surface area contributed by atoms with E-state index in [1.165, 1.54) is 10.8 Å². The Morgan fingerprint density at radius 2 is 1.79 bits per heavy atom. The molecule has 0 atom stereocenters. The number of hydrogen-bond acceptors (Lipinski definition) is 1. The Bertz CT molecular complexity index is 544. The number of nitrogens with zero attached hydrogens (tertiary/aromatic N) is 1. The van der Waals surface area contributed by atoms with E-state index in [4.69, 9.17) is 0 Å². The van der Waals surface area contributed by atoms with E-state index in [1.807, 2.05) is 30.5 Å². The summed E-state index contributed by atoms with van der Waals surface area (Å²) in [4.78, 5) is 4.30. The number of rotatable bonds is 0. The van der Waals surface area contributed by atoms with Gasteiger partial charge in [-0.3, -0.25) is 4.98 Å². The standard InChI is InChI=1S/C13H8N/c1-2-5-11-10(4-1)7-8-13-12(11)6-3-9-14-13/h1-6,8-9H. The normalized spacial score (nSPS) is 10.9. The Morgan fingerprint density at radius 3 is 2.79 bits per heavy atom. The monoisotopic (exact) mass is 178 g/mol. The molecule has 3 aromatic rings. The van der Waals surface area contributed by atoms with Gasteiger partial charge in [-0.05, 0) is 29.0 Å². The molecule has 0 saturated carbocycles. The van der Waals surface area contributed by atoms with Crippen molar-refractivity contribution >= 4 is 21.7 Å². The zero-order valence-electron chi connectivity index (χ0n) is 7.57. The first-order valence-electron chi connectivity index (χ1n) is 4.59. The lowest BCUT2D eigenvalue weighted by Crippen LogP contribution is -1.79. The van der Waals surface area contributed by atoms with Crippen LogP contribution in [0.4, 0.5) is 0 Å². The van der Waals surface area contributed by atoms with E-state index in [9.17, 15) is 0 Å². The highest BCUT2D eigenvalue weighted by Gasteiger charge is 1.98. The van der Waals surface area contributed by atoms with E-state index in [1.54, 1.807) is 0 Å². The van der Waals surface area contributed by atoms with E-state index in [0.717, 1.165) is 10.9 Å². The summed E-state index contributed by atoms with van der Waals surface area (Å²) in [5.74, 6) is 0. The second-order valence-corrected chi connectivity index (χ2v) is 3.27. The minimum Gasteiger partial charge on any atom is -0.256 e. The summed E-state index contributed by atoms with van der Waals surface area (Å²) in [6, 6.07) is 17.5. The fourth-order valence-corrected chi connectivity index (χ4v) is 1.75. The Balaban J connectivity index is 2.61. The lowest BCUT2D eigenvalue weighted by atomic mass is 10.1. The van der Waals surface area contributed by atoms with Gasteiger partial charge in [0, 0.05) is 11.6 Å². The van der Waals surface area contributed by atoms with Gasteiger partial charge in [0.1, 0.15) is 0 Å². The van der Waals surface area contributed by atoms with Gasteiger partial charge in [0.05, 0.1) is 5.52 Å². The van der Waals surface area contributed by atoms with Crippen molar-refractivity contribution in [3.8, 4) is 0 Å². The molecule has 2 aromatic carbocycles. The molecule has 1 heterocycles. The fraction of sp³-hybridized carbons (Fsp3) is 0. The zero-order valence-corrected chi connectivity index (χ0v) is 7.57. The molecule has 14 heavy (non-hydrogen) atoms. The third kappa shape index (κ3) is 0.990. The molecule has 65 valence electrons. The summed E-state index contributed by atoms with van der Waals surface area (Å²) in [5.41, 5.74) is 1.01. The fourth-order valence-electron chi connectivity index (χ4n) is 1.75. The van der Waals surface area contributed by atoms with Crippen LogP contribution in [0.25, 0.3) is 21.7 Å². The molecule has 0 aliphatic heterocycles. The van der Waals surface area contributed by atoms with Crippen LogP contribution in [0.5, 0.6) is 0 Å². The van der Waals surface area contributed by atoms with Crippen LogP contribution in [0.2, 0.25) is 0 Å². The van der Waals surface area contributed by atoms with Gasteiger partial charge in [-0.15, -0.1) is 0 Å². The summed E-state index contributed by atoms with van der Waals surface area (Å²) in [6.07, 6.45) is 1.81. The van der Waals surface area contributed by atoms with Gasteiger partial charge in [0.25, 0.3) is 0 Å². The maximum atomic E-state index is 4.30. The Morgan fingerprint density at radius 1 is 0.929 bits per heavy atom. The first-order chi connectivity index (χ1) is 6.95. The Kier molecular flexibility index (Phi) is 1.51. The van der Waals surface area contributed by atoms with Crippen LogP contribution in [0.1, 0.15) is 0 Å². The molecule has 0 spiro atoms. The minimum atomic E-state index is 1.01. The van der Waals surface area contributed by atoms with Crippen LogP contribution in [0, 0.1) is 6.07 Å². The Labute approximate surface area is 82.0 Å². The van der Waals surface area contributed by atoms with Gasteiger partial charge < -0.3 is 0 Å². The number of benzene rings is 2. The van der Waals surface area contributed by atoms with E-state index in [-0.39, 0.29) is 0 Å². The van der Waals surface area contributed by atoms with Gasteiger partial charge in [-0.1, -0.05) is 30.3 Å². The maximum absolute atomic E-state index is 4.30. The zero-order chi connectivity index (χ0) is 9.38. The van der Waals surface area contributed by atoms with Crippen molar-refractivity contribution in [2.45, 2.75) is 0 Å². The average molecular weight is 178 g/mol. The van der Waals surface area contributed by atoms with Crippen molar-refractivity contribution in [1.29, 1.82) is 0 Å². The van der Waals surface area contributed by atoms with Gasteiger partial charge in [0.15, 0.2) is 0 Å². The quantitative estimate of drug-likeness (QED) is 0.482. The highest BCUT2D eigenvalue weighted by Crippen LogP contribution is 2.22.